The Hall–Kier alpha value is -0.860. The molecule has 1 aromatic rings. The Morgan fingerprint density at radius 3 is 2.94 bits per heavy atom. The van der Waals surface area contributed by atoms with Crippen molar-refractivity contribution >= 4 is 0 Å². The van der Waals surface area contributed by atoms with E-state index in [0.29, 0.717) is 5.92 Å². The molecule has 1 fully saturated rings. The lowest BCUT2D eigenvalue weighted by Crippen LogP contribution is -2.08. The maximum absolute atomic E-state index is 10.2. The molecule has 88 valence electrons. The smallest absolute Gasteiger partial charge is 0.0796 e. The molecule has 0 bridgehead atoms. The number of rotatable bonds is 3. The lowest BCUT2D eigenvalue weighted by atomic mass is 9.93. The summed E-state index contributed by atoms with van der Waals surface area (Å²) in [5.74, 6) is 0.523. The van der Waals surface area contributed by atoms with Gasteiger partial charge in [-0.25, -0.2) is 0 Å². The van der Waals surface area contributed by atoms with Crippen LogP contribution in [0.5, 0.6) is 0 Å². The van der Waals surface area contributed by atoms with Crippen molar-refractivity contribution in [3.8, 4) is 0 Å². The van der Waals surface area contributed by atoms with Gasteiger partial charge in [-0.05, 0) is 43.7 Å². The number of ether oxygens (including phenoxy) is 1. The molecule has 0 radical (unpaired) electrons. The molecule has 0 aromatic heterocycles. The van der Waals surface area contributed by atoms with Crippen molar-refractivity contribution in [2.45, 2.75) is 32.8 Å². The molecule has 16 heavy (non-hydrogen) atoms. The standard InChI is InChI=1S/C14H20O2/c1-10-3-4-11(2)13(7-10)14(15)8-12-5-6-16-9-12/h3-4,7,12,14-15H,5-6,8-9H2,1-2H3. The molecule has 1 aliphatic rings. The summed E-state index contributed by atoms with van der Waals surface area (Å²) >= 11 is 0. The molecule has 1 aromatic carbocycles. The molecule has 1 N–H and O–H groups in total. The van der Waals surface area contributed by atoms with Crippen LogP contribution in [-0.2, 0) is 4.74 Å². The van der Waals surface area contributed by atoms with Crippen molar-refractivity contribution in [3.63, 3.8) is 0 Å². The molecule has 2 unspecified atom stereocenters. The average molecular weight is 220 g/mol. The van der Waals surface area contributed by atoms with Gasteiger partial charge >= 0.3 is 0 Å². The van der Waals surface area contributed by atoms with Crippen LogP contribution >= 0.6 is 0 Å². The van der Waals surface area contributed by atoms with E-state index in [9.17, 15) is 5.11 Å². The van der Waals surface area contributed by atoms with Crippen LogP contribution in [0, 0.1) is 19.8 Å². The van der Waals surface area contributed by atoms with Gasteiger partial charge in [0.05, 0.1) is 6.10 Å². The summed E-state index contributed by atoms with van der Waals surface area (Å²) in [6.07, 6.45) is 1.57. The SMILES string of the molecule is Cc1ccc(C)c(C(O)CC2CCOC2)c1. The molecular weight excluding hydrogens is 200 g/mol. The Morgan fingerprint density at radius 2 is 2.25 bits per heavy atom. The van der Waals surface area contributed by atoms with Crippen LogP contribution in [0.15, 0.2) is 18.2 Å². The van der Waals surface area contributed by atoms with E-state index in [-0.39, 0.29) is 6.10 Å². The van der Waals surface area contributed by atoms with Crippen LogP contribution in [0.3, 0.4) is 0 Å². The number of benzene rings is 1. The summed E-state index contributed by atoms with van der Waals surface area (Å²) < 4.78 is 5.34. The summed E-state index contributed by atoms with van der Waals surface area (Å²) in [7, 11) is 0. The minimum atomic E-state index is -0.341. The van der Waals surface area contributed by atoms with E-state index in [2.05, 4.69) is 32.0 Å². The first-order valence-electron chi connectivity index (χ1n) is 6.00. The van der Waals surface area contributed by atoms with Crippen LogP contribution in [-0.4, -0.2) is 18.3 Å². The van der Waals surface area contributed by atoms with E-state index in [1.165, 1.54) is 11.1 Å². The largest absolute Gasteiger partial charge is 0.388 e. The number of aliphatic hydroxyl groups excluding tert-OH is 1. The zero-order valence-corrected chi connectivity index (χ0v) is 10.1. The third-order valence-electron chi connectivity index (χ3n) is 3.37. The van der Waals surface area contributed by atoms with Crippen LogP contribution in [0.1, 0.15) is 35.6 Å². The molecule has 1 aliphatic heterocycles. The fraction of sp³-hybridized carbons (Fsp3) is 0.571. The minimum Gasteiger partial charge on any atom is -0.388 e. The quantitative estimate of drug-likeness (QED) is 0.848. The lowest BCUT2D eigenvalue weighted by molar-refractivity contribution is 0.129. The third-order valence-corrected chi connectivity index (χ3v) is 3.37. The zero-order chi connectivity index (χ0) is 11.5. The van der Waals surface area contributed by atoms with Crippen molar-refractivity contribution in [2.24, 2.45) is 5.92 Å². The van der Waals surface area contributed by atoms with Crippen LogP contribution in [0.25, 0.3) is 0 Å². The minimum absolute atomic E-state index is 0.341. The maximum atomic E-state index is 10.2. The van der Waals surface area contributed by atoms with Gasteiger partial charge < -0.3 is 9.84 Å². The van der Waals surface area contributed by atoms with Crippen LogP contribution in [0.2, 0.25) is 0 Å². The highest BCUT2D eigenvalue weighted by atomic mass is 16.5. The first-order valence-corrected chi connectivity index (χ1v) is 6.00. The van der Waals surface area contributed by atoms with Crippen molar-refractivity contribution < 1.29 is 9.84 Å². The molecule has 0 saturated carbocycles. The van der Waals surface area contributed by atoms with Gasteiger partial charge in [-0.1, -0.05) is 23.8 Å². The monoisotopic (exact) mass is 220 g/mol. The van der Waals surface area contributed by atoms with Crippen LogP contribution in [0.4, 0.5) is 0 Å². The molecule has 2 atom stereocenters. The number of aryl methyl sites for hydroxylation is 2. The molecule has 2 rings (SSSR count). The molecule has 0 aliphatic carbocycles. The van der Waals surface area contributed by atoms with E-state index in [4.69, 9.17) is 4.74 Å². The molecule has 2 nitrogen and oxygen atoms in total. The predicted molar refractivity (Wildman–Crippen MR) is 64.4 cm³/mol. The van der Waals surface area contributed by atoms with Gasteiger partial charge in [0.1, 0.15) is 0 Å². The van der Waals surface area contributed by atoms with Gasteiger partial charge in [0.25, 0.3) is 0 Å². The fourth-order valence-electron chi connectivity index (χ4n) is 2.33. The summed E-state index contributed by atoms with van der Waals surface area (Å²) in [5.41, 5.74) is 3.46. The van der Waals surface area contributed by atoms with Crippen molar-refractivity contribution in [2.75, 3.05) is 13.2 Å². The van der Waals surface area contributed by atoms with Crippen molar-refractivity contribution in [1.29, 1.82) is 0 Å². The highest BCUT2D eigenvalue weighted by Gasteiger charge is 2.21. The molecule has 2 heteroatoms. The summed E-state index contributed by atoms with van der Waals surface area (Å²) in [5, 5.41) is 10.2. The first kappa shape index (κ1) is 11.6. The highest BCUT2D eigenvalue weighted by Crippen LogP contribution is 2.28. The molecule has 1 saturated heterocycles. The van der Waals surface area contributed by atoms with E-state index in [1.807, 2.05) is 0 Å². The third kappa shape index (κ3) is 2.63. The van der Waals surface area contributed by atoms with Gasteiger partial charge in [-0.2, -0.15) is 0 Å². The Morgan fingerprint density at radius 1 is 1.44 bits per heavy atom. The van der Waals surface area contributed by atoms with Gasteiger partial charge in [0, 0.05) is 13.2 Å². The Labute approximate surface area is 97.3 Å². The van der Waals surface area contributed by atoms with Crippen LogP contribution < -0.4 is 0 Å². The predicted octanol–water partition coefficient (Wildman–Crippen LogP) is 2.76. The second kappa shape index (κ2) is 4.98. The molecule has 0 spiro atoms. The second-order valence-electron chi connectivity index (χ2n) is 4.84. The van der Waals surface area contributed by atoms with E-state index < -0.39 is 0 Å². The lowest BCUT2D eigenvalue weighted by Gasteiger charge is -2.17. The number of hydrogen-bond donors (Lipinski definition) is 1. The van der Waals surface area contributed by atoms with Gasteiger partial charge in [0.15, 0.2) is 0 Å². The molecule has 1 heterocycles. The summed E-state index contributed by atoms with van der Waals surface area (Å²) in [4.78, 5) is 0. The topological polar surface area (TPSA) is 29.5 Å². The van der Waals surface area contributed by atoms with Crippen molar-refractivity contribution in [3.05, 3.63) is 34.9 Å². The van der Waals surface area contributed by atoms with Gasteiger partial charge in [-0.15, -0.1) is 0 Å². The van der Waals surface area contributed by atoms with Gasteiger partial charge in [-0.3, -0.25) is 0 Å². The number of aliphatic hydroxyl groups is 1. The van der Waals surface area contributed by atoms with E-state index in [1.54, 1.807) is 0 Å². The van der Waals surface area contributed by atoms with E-state index >= 15 is 0 Å². The zero-order valence-electron chi connectivity index (χ0n) is 10.1. The average Bonchev–Trinajstić information content (AvgIpc) is 2.74. The summed E-state index contributed by atoms with van der Waals surface area (Å²) in [6, 6.07) is 6.26. The van der Waals surface area contributed by atoms with E-state index in [0.717, 1.165) is 31.6 Å². The Balaban J connectivity index is 2.07. The van der Waals surface area contributed by atoms with Crippen molar-refractivity contribution in [1.82, 2.24) is 0 Å². The first-order chi connectivity index (χ1) is 7.66. The number of hydrogen-bond acceptors (Lipinski definition) is 2. The fourth-order valence-corrected chi connectivity index (χ4v) is 2.33. The molecular formula is C14H20O2. The van der Waals surface area contributed by atoms with Gasteiger partial charge in [0.2, 0.25) is 0 Å². The highest BCUT2D eigenvalue weighted by molar-refractivity contribution is 5.32. The normalized spacial score (nSPS) is 22.3. The summed E-state index contributed by atoms with van der Waals surface area (Å²) in [6.45, 7) is 5.78. The Bertz CT molecular complexity index is 354. The Kier molecular flexibility index (Phi) is 3.62. The maximum Gasteiger partial charge on any atom is 0.0796 e. The molecule has 0 amide bonds. The second-order valence-corrected chi connectivity index (χ2v) is 4.84.